The van der Waals surface area contributed by atoms with Crippen molar-refractivity contribution in [3.8, 4) is 0 Å². The van der Waals surface area contributed by atoms with E-state index in [1.807, 2.05) is 0 Å². The second-order valence-corrected chi connectivity index (χ2v) is 11.5. The molecule has 10 aromatic carbocycles. The van der Waals surface area contributed by atoms with E-state index in [4.69, 9.17) is 0 Å². The molecule has 0 fully saturated rings. The number of para-hydroxylation sites is 2. The number of hydrogen-bond donors (Lipinski definition) is 2. The zero-order valence-corrected chi connectivity index (χ0v) is 22.7. The van der Waals surface area contributed by atoms with Gasteiger partial charge in [-0.05, 0) is 68.7 Å². The maximum absolute atomic E-state index is 3.89. The van der Waals surface area contributed by atoms with Gasteiger partial charge in [-0.2, -0.15) is 0 Å². The summed E-state index contributed by atoms with van der Waals surface area (Å²) in [5.74, 6) is 0. The van der Waals surface area contributed by atoms with E-state index in [0.717, 1.165) is 11.4 Å². The van der Waals surface area contributed by atoms with Crippen molar-refractivity contribution in [3.05, 3.63) is 133 Å². The van der Waals surface area contributed by atoms with Gasteiger partial charge in [-0.3, -0.25) is 0 Å². The molecule has 0 heterocycles. The topological polar surface area (TPSA) is 24.1 Å². The Morgan fingerprint density at radius 2 is 0.690 bits per heavy atom. The highest BCUT2D eigenvalue weighted by Gasteiger charge is 2.25. The molecule has 0 amide bonds. The Balaban J connectivity index is 1.50. The molecule has 0 aliphatic carbocycles. The summed E-state index contributed by atoms with van der Waals surface area (Å²) in [6, 6.07) is 48.6. The molecule has 0 atom stereocenters. The molecular formula is C40H24N2. The minimum absolute atomic E-state index is 1.09. The van der Waals surface area contributed by atoms with Gasteiger partial charge in [-0.1, -0.05) is 97.1 Å². The molecule has 0 saturated heterocycles. The van der Waals surface area contributed by atoms with Gasteiger partial charge in [-0.25, -0.2) is 0 Å². The third-order valence-corrected chi connectivity index (χ3v) is 9.21. The van der Waals surface area contributed by atoms with Gasteiger partial charge in [0.2, 0.25) is 0 Å². The van der Waals surface area contributed by atoms with Crippen molar-refractivity contribution in [2.45, 2.75) is 0 Å². The molecule has 0 spiro atoms. The van der Waals surface area contributed by atoms with E-state index >= 15 is 0 Å². The van der Waals surface area contributed by atoms with E-state index in [0.29, 0.717) is 0 Å². The lowest BCUT2D eigenvalue weighted by Gasteiger charge is -2.26. The van der Waals surface area contributed by atoms with E-state index < -0.39 is 0 Å². The summed E-state index contributed by atoms with van der Waals surface area (Å²) >= 11 is 0. The summed E-state index contributed by atoms with van der Waals surface area (Å²) < 4.78 is 0. The molecule has 2 nitrogen and oxygen atoms in total. The average Bonchev–Trinajstić information content (AvgIpc) is 3.04. The molecule has 0 saturated carbocycles. The SMILES string of the molecule is c1ccc(Nc2c3ccc4cccc5cc6c(Nc7ccccc7)c7ccc8cccc9cc2c(c7c89)c6c3c45)cc1. The van der Waals surface area contributed by atoms with E-state index in [1.165, 1.54) is 86.8 Å². The molecule has 0 aliphatic heterocycles. The Hall–Kier alpha value is -5.60. The molecule has 0 aromatic heterocycles. The molecule has 10 rings (SSSR count). The smallest absolute Gasteiger partial charge is 0.0544 e. The maximum Gasteiger partial charge on any atom is 0.0544 e. The second kappa shape index (κ2) is 7.99. The first-order valence-corrected chi connectivity index (χ1v) is 14.5. The Kier molecular flexibility index (Phi) is 4.21. The highest BCUT2D eigenvalue weighted by molar-refractivity contribution is 6.47. The molecule has 0 aliphatic rings. The third kappa shape index (κ3) is 2.83. The van der Waals surface area contributed by atoms with Crippen LogP contribution in [-0.2, 0) is 0 Å². The Morgan fingerprint density at radius 1 is 0.286 bits per heavy atom. The zero-order chi connectivity index (χ0) is 27.4. The minimum atomic E-state index is 1.09. The van der Waals surface area contributed by atoms with Crippen molar-refractivity contribution in [3.63, 3.8) is 0 Å². The Morgan fingerprint density at radius 3 is 1.14 bits per heavy atom. The van der Waals surface area contributed by atoms with Crippen LogP contribution in [0.2, 0.25) is 0 Å². The van der Waals surface area contributed by atoms with Crippen LogP contribution in [0.4, 0.5) is 22.7 Å². The molecule has 2 N–H and O–H groups in total. The quantitative estimate of drug-likeness (QED) is 0.174. The fraction of sp³-hybridized carbons (Fsp3) is 0. The predicted molar refractivity (Wildman–Crippen MR) is 182 cm³/mol. The standard InChI is InChI=1S/C40H24N2/c1-3-13-27(14-4-1)41-39-29-19-17-23-9-8-12-26-22-32-38(35(29)33(23)26)37-31(39)21-25-11-7-10-24-18-20-30(36(37)34(24)25)40(32)42-28-15-5-2-6-16-28/h1-22,41-42H. The van der Waals surface area contributed by atoms with E-state index in [9.17, 15) is 0 Å². The summed E-state index contributed by atoms with van der Waals surface area (Å²) in [6.07, 6.45) is 0. The molecule has 0 bridgehead atoms. The lowest BCUT2D eigenvalue weighted by atomic mass is 9.81. The van der Waals surface area contributed by atoms with Crippen LogP contribution >= 0.6 is 0 Å². The van der Waals surface area contributed by atoms with Gasteiger partial charge in [0.1, 0.15) is 0 Å². The van der Waals surface area contributed by atoms with Crippen LogP contribution < -0.4 is 10.6 Å². The van der Waals surface area contributed by atoms with Gasteiger partial charge in [-0.15, -0.1) is 0 Å². The van der Waals surface area contributed by atoms with Gasteiger partial charge in [0.05, 0.1) is 11.4 Å². The van der Waals surface area contributed by atoms with Gasteiger partial charge < -0.3 is 10.6 Å². The molecule has 42 heavy (non-hydrogen) atoms. The Labute approximate surface area is 241 Å². The largest absolute Gasteiger partial charge is 0.355 e. The molecule has 0 unspecified atom stereocenters. The number of benzene rings is 10. The van der Waals surface area contributed by atoms with Crippen LogP contribution in [0.1, 0.15) is 0 Å². The van der Waals surface area contributed by atoms with Gasteiger partial charge in [0.15, 0.2) is 0 Å². The lowest BCUT2D eigenvalue weighted by molar-refractivity contribution is 1.60. The van der Waals surface area contributed by atoms with Crippen molar-refractivity contribution in [1.29, 1.82) is 0 Å². The third-order valence-electron chi connectivity index (χ3n) is 9.21. The molecule has 10 aromatic rings. The van der Waals surface area contributed by atoms with Crippen LogP contribution in [0.25, 0.3) is 75.4 Å². The second-order valence-electron chi connectivity index (χ2n) is 11.5. The maximum atomic E-state index is 3.89. The van der Waals surface area contributed by atoms with Gasteiger partial charge >= 0.3 is 0 Å². The lowest BCUT2D eigenvalue weighted by Crippen LogP contribution is -2.01. The monoisotopic (exact) mass is 532 g/mol. The normalized spacial score (nSPS) is 12.3. The van der Waals surface area contributed by atoms with Gasteiger partial charge in [0.25, 0.3) is 0 Å². The van der Waals surface area contributed by atoms with Crippen molar-refractivity contribution < 1.29 is 0 Å². The summed E-state index contributed by atoms with van der Waals surface area (Å²) in [7, 11) is 0. The molecule has 2 heteroatoms. The molecular weight excluding hydrogens is 508 g/mol. The first kappa shape index (κ1) is 22.1. The number of nitrogens with one attached hydrogen (secondary N) is 2. The Bertz CT molecular complexity index is 2420. The highest BCUT2D eigenvalue weighted by Crippen LogP contribution is 2.54. The summed E-state index contributed by atoms with van der Waals surface area (Å²) in [5.41, 5.74) is 4.53. The van der Waals surface area contributed by atoms with E-state index in [2.05, 4.69) is 144 Å². The van der Waals surface area contributed by atoms with Gasteiger partial charge in [0, 0.05) is 54.5 Å². The van der Waals surface area contributed by atoms with Crippen LogP contribution in [-0.4, -0.2) is 0 Å². The average molecular weight is 533 g/mol. The summed E-state index contributed by atoms with van der Waals surface area (Å²) in [5, 5.41) is 25.9. The van der Waals surface area contributed by atoms with Crippen molar-refractivity contribution in [2.75, 3.05) is 10.6 Å². The van der Waals surface area contributed by atoms with E-state index in [-0.39, 0.29) is 0 Å². The minimum Gasteiger partial charge on any atom is -0.355 e. The fourth-order valence-corrected chi connectivity index (χ4v) is 7.52. The highest BCUT2D eigenvalue weighted by atomic mass is 14.9. The number of anilines is 4. The van der Waals surface area contributed by atoms with E-state index in [1.54, 1.807) is 0 Å². The summed E-state index contributed by atoms with van der Waals surface area (Å²) in [4.78, 5) is 0. The van der Waals surface area contributed by atoms with Crippen molar-refractivity contribution in [2.24, 2.45) is 0 Å². The number of hydrogen-bond acceptors (Lipinski definition) is 2. The van der Waals surface area contributed by atoms with Crippen LogP contribution in [0.15, 0.2) is 133 Å². The zero-order valence-electron chi connectivity index (χ0n) is 22.7. The summed E-state index contributed by atoms with van der Waals surface area (Å²) in [6.45, 7) is 0. The fourth-order valence-electron chi connectivity index (χ4n) is 7.52. The van der Waals surface area contributed by atoms with Crippen LogP contribution in [0.5, 0.6) is 0 Å². The van der Waals surface area contributed by atoms with Crippen molar-refractivity contribution in [1.82, 2.24) is 0 Å². The molecule has 0 radical (unpaired) electrons. The number of rotatable bonds is 4. The first-order chi connectivity index (χ1) is 20.8. The van der Waals surface area contributed by atoms with Crippen molar-refractivity contribution >= 4 is 98.2 Å². The molecule has 194 valence electrons. The van der Waals surface area contributed by atoms with Crippen LogP contribution in [0, 0.1) is 0 Å². The van der Waals surface area contributed by atoms with Crippen LogP contribution in [0.3, 0.4) is 0 Å². The first-order valence-electron chi connectivity index (χ1n) is 14.5. The predicted octanol–water partition coefficient (Wildman–Crippen LogP) is 11.6.